The molecule has 0 fully saturated rings. The zero-order valence-corrected chi connectivity index (χ0v) is 7.56. The van der Waals surface area contributed by atoms with Crippen molar-refractivity contribution in [3.8, 4) is 0 Å². The SMILES string of the molecule is C=CC(=O)c1ccc(C)c(Cl)c1. The Morgan fingerprint density at radius 1 is 1.58 bits per heavy atom. The van der Waals surface area contributed by atoms with Crippen molar-refractivity contribution >= 4 is 17.4 Å². The summed E-state index contributed by atoms with van der Waals surface area (Å²) in [6.07, 6.45) is 1.28. The highest BCUT2D eigenvalue weighted by Crippen LogP contribution is 2.16. The minimum Gasteiger partial charge on any atom is -0.289 e. The van der Waals surface area contributed by atoms with Gasteiger partial charge in [-0.2, -0.15) is 0 Å². The van der Waals surface area contributed by atoms with Crippen molar-refractivity contribution in [1.29, 1.82) is 0 Å². The van der Waals surface area contributed by atoms with Gasteiger partial charge in [-0.05, 0) is 24.6 Å². The van der Waals surface area contributed by atoms with Gasteiger partial charge < -0.3 is 0 Å². The number of aryl methyl sites for hydroxylation is 1. The van der Waals surface area contributed by atoms with Gasteiger partial charge >= 0.3 is 0 Å². The maximum atomic E-state index is 11.1. The van der Waals surface area contributed by atoms with E-state index in [-0.39, 0.29) is 5.78 Å². The van der Waals surface area contributed by atoms with Crippen LogP contribution in [0.1, 0.15) is 15.9 Å². The molecule has 0 spiro atoms. The fraction of sp³-hybridized carbons (Fsp3) is 0.100. The summed E-state index contributed by atoms with van der Waals surface area (Å²) >= 11 is 5.83. The van der Waals surface area contributed by atoms with Crippen molar-refractivity contribution in [2.75, 3.05) is 0 Å². The average molecular weight is 181 g/mol. The van der Waals surface area contributed by atoms with Gasteiger partial charge in [-0.1, -0.05) is 30.3 Å². The molecule has 1 rings (SSSR count). The van der Waals surface area contributed by atoms with Crippen LogP contribution in [-0.4, -0.2) is 5.78 Å². The van der Waals surface area contributed by atoms with Gasteiger partial charge in [-0.15, -0.1) is 0 Å². The van der Waals surface area contributed by atoms with Gasteiger partial charge in [0.2, 0.25) is 0 Å². The van der Waals surface area contributed by atoms with Crippen LogP contribution in [0, 0.1) is 6.92 Å². The lowest BCUT2D eigenvalue weighted by atomic mass is 10.1. The third-order valence-electron chi connectivity index (χ3n) is 1.64. The van der Waals surface area contributed by atoms with E-state index in [4.69, 9.17) is 11.6 Å². The van der Waals surface area contributed by atoms with Crippen molar-refractivity contribution in [3.05, 3.63) is 47.0 Å². The molecule has 0 saturated carbocycles. The first kappa shape index (κ1) is 9.01. The Kier molecular flexibility index (Phi) is 2.66. The number of hydrogen-bond acceptors (Lipinski definition) is 1. The standard InChI is InChI=1S/C10H9ClO/c1-3-10(12)8-5-4-7(2)9(11)6-8/h3-6H,1H2,2H3. The number of allylic oxidation sites excluding steroid dienone is 1. The van der Waals surface area contributed by atoms with E-state index in [9.17, 15) is 4.79 Å². The van der Waals surface area contributed by atoms with Crippen LogP contribution in [0.25, 0.3) is 0 Å². The average Bonchev–Trinajstić information content (AvgIpc) is 2.08. The zero-order valence-electron chi connectivity index (χ0n) is 6.80. The molecule has 1 nitrogen and oxygen atoms in total. The molecule has 2 heteroatoms. The molecule has 62 valence electrons. The van der Waals surface area contributed by atoms with Gasteiger partial charge in [0.15, 0.2) is 5.78 Å². The summed E-state index contributed by atoms with van der Waals surface area (Å²) in [4.78, 5) is 11.1. The van der Waals surface area contributed by atoms with Gasteiger partial charge in [0.05, 0.1) is 0 Å². The first-order valence-corrected chi connectivity index (χ1v) is 3.96. The molecule has 0 amide bonds. The van der Waals surface area contributed by atoms with Crippen LogP contribution in [0.15, 0.2) is 30.9 Å². The van der Waals surface area contributed by atoms with Gasteiger partial charge in [0, 0.05) is 10.6 Å². The van der Waals surface area contributed by atoms with Crippen LogP contribution in [0.2, 0.25) is 5.02 Å². The second-order valence-electron chi connectivity index (χ2n) is 2.53. The molecule has 0 unspecified atom stereocenters. The topological polar surface area (TPSA) is 17.1 Å². The van der Waals surface area contributed by atoms with Crippen LogP contribution >= 0.6 is 11.6 Å². The lowest BCUT2D eigenvalue weighted by molar-refractivity contribution is 0.104. The van der Waals surface area contributed by atoms with Crippen LogP contribution in [0.5, 0.6) is 0 Å². The van der Waals surface area contributed by atoms with E-state index in [1.165, 1.54) is 6.08 Å². The summed E-state index contributed by atoms with van der Waals surface area (Å²) in [5.74, 6) is -0.100. The highest BCUT2D eigenvalue weighted by Gasteiger charge is 2.02. The number of carbonyl (C=O) groups is 1. The van der Waals surface area contributed by atoms with E-state index < -0.39 is 0 Å². The smallest absolute Gasteiger partial charge is 0.185 e. The molecule has 0 bridgehead atoms. The molecule has 0 radical (unpaired) electrons. The third kappa shape index (κ3) is 1.74. The van der Waals surface area contributed by atoms with Crippen molar-refractivity contribution in [2.24, 2.45) is 0 Å². The number of hydrogen-bond donors (Lipinski definition) is 0. The van der Waals surface area contributed by atoms with Crippen LogP contribution < -0.4 is 0 Å². The Balaban J connectivity index is 3.13. The lowest BCUT2D eigenvalue weighted by Crippen LogP contribution is -1.93. The maximum absolute atomic E-state index is 11.1. The molecular weight excluding hydrogens is 172 g/mol. The number of rotatable bonds is 2. The second-order valence-corrected chi connectivity index (χ2v) is 2.94. The summed E-state index contributed by atoms with van der Waals surface area (Å²) in [6, 6.07) is 5.21. The minimum atomic E-state index is -0.100. The number of benzene rings is 1. The molecule has 0 aliphatic rings. The van der Waals surface area contributed by atoms with E-state index in [2.05, 4.69) is 6.58 Å². The molecule has 0 N–H and O–H groups in total. The largest absolute Gasteiger partial charge is 0.289 e. The Labute approximate surface area is 76.7 Å². The Morgan fingerprint density at radius 2 is 2.25 bits per heavy atom. The van der Waals surface area contributed by atoms with Gasteiger partial charge in [-0.25, -0.2) is 0 Å². The zero-order chi connectivity index (χ0) is 9.14. The Hall–Kier alpha value is -1.08. The summed E-state index contributed by atoms with van der Waals surface area (Å²) in [5, 5.41) is 0.614. The van der Waals surface area contributed by atoms with Crippen molar-refractivity contribution < 1.29 is 4.79 Å². The van der Waals surface area contributed by atoms with E-state index in [1.54, 1.807) is 12.1 Å². The maximum Gasteiger partial charge on any atom is 0.185 e. The summed E-state index contributed by atoms with van der Waals surface area (Å²) in [6.45, 7) is 5.29. The molecule has 1 aromatic carbocycles. The number of carbonyl (C=O) groups excluding carboxylic acids is 1. The number of ketones is 1. The lowest BCUT2D eigenvalue weighted by Gasteiger charge is -1.99. The van der Waals surface area contributed by atoms with Crippen molar-refractivity contribution in [2.45, 2.75) is 6.92 Å². The van der Waals surface area contributed by atoms with E-state index in [0.29, 0.717) is 10.6 Å². The third-order valence-corrected chi connectivity index (χ3v) is 2.05. The summed E-state index contributed by atoms with van der Waals surface area (Å²) < 4.78 is 0. The molecule has 0 saturated heterocycles. The summed E-state index contributed by atoms with van der Waals surface area (Å²) in [7, 11) is 0. The van der Waals surface area contributed by atoms with Crippen LogP contribution in [-0.2, 0) is 0 Å². The predicted molar refractivity (Wildman–Crippen MR) is 50.7 cm³/mol. The molecule has 12 heavy (non-hydrogen) atoms. The van der Waals surface area contributed by atoms with E-state index in [0.717, 1.165) is 5.56 Å². The highest BCUT2D eigenvalue weighted by molar-refractivity contribution is 6.31. The quantitative estimate of drug-likeness (QED) is 0.505. The number of halogens is 1. The fourth-order valence-electron chi connectivity index (χ4n) is 0.864. The van der Waals surface area contributed by atoms with E-state index in [1.807, 2.05) is 13.0 Å². The fourth-order valence-corrected chi connectivity index (χ4v) is 1.04. The molecule has 0 aliphatic heterocycles. The summed E-state index contributed by atoms with van der Waals surface area (Å²) in [5.41, 5.74) is 1.55. The van der Waals surface area contributed by atoms with Crippen LogP contribution in [0.4, 0.5) is 0 Å². The van der Waals surface area contributed by atoms with Crippen LogP contribution in [0.3, 0.4) is 0 Å². The molecule has 0 atom stereocenters. The molecular formula is C10H9ClO. The van der Waals surface area contributed by atoms with E-state index >= 15 is 0 Å². The second kappa shape index (κ2) is 3.55. The molecule has 0 aromatic heterocycles. The minimum absolute atomic E-state index is 0.100. The van der Waals surface area contributed by atoms with Crippen molar-refractivity contribution in [3.63, 3.8) is 0 Å². The molecule has 0 aliphatic carbocycles. The Bertz CT molecular complexity index is 329. The van der Waals surface area contributed by atoms with Gasteiger partial charge in [0.25, 0.3) is 0 Å². The first-order chi connectivity index (χ1) is 5.65. The van der Waals surface area contributed by atoms with Gasteiger partial charge in [-0.3, -0.25) is 4.79 Å². The van der Waals surface area contributed by atoms with Crippen molar-refractivity contribution in [1.82, 2.24) is 0 Å². The molecule has 1 aromatic rings. The monoisotopic (exact) mass is 180 g/mol. The molecule has 0 heterocycles. The normalized spacial score (nSPS) is 9.50. The Morgan fingerprint density at radius 3 is 2.75 bits per heavy atom. The first-order valence-electron chi connectivity index (χ1n) is 3.58. The predicted octanol–water partition coefficient (Wildman–Crippen LogP) is 3.02. The highest BCUT2D eigenvalue weighted by atomic mass is 35.5. The van der Waals surface area contributed by atoms with Gasteiger partial charge in [0.1, 0.15) is 0 Å².